The van der Waals surface area contributed by atoms with Crippen LogP contribution in [0.3, 0.4) is 0 Å². The van der Waals surface area contributed by atoms with Crippen molar-refractivity contribution in [3.05, 3.63) is 23.8 Å². The van der Waals surface area contributed by atoms with Gasteiger partial charge >= 0.3 is 0 Å². The van der Waals surface area contributed by atoms with E-state index in [2.05, 4.69) is 5.10 Å². The molecule has 0 bridgehead atoms. The van der Waals surface area contributed by atoms with Crippen molar-refractivity contribution in [1.82, 2.24) is 0 Å². The minimum Gasteiger partial charge on any atom is -0.323 e. The Hall–Kier alpha value is 0.510. The second-order valence-corrected chi connectivity index (χ2v) is 5.74. The van der Waals surface area contributed by atoms with E-state index in [1.807, 2.05) is 0 Å². The molecule has 2 radical (unpaired) electrons. The van der Waals surface area contributed by atoms with Gasteiger partial charge in [0.15, 0.2) is 0 Å². The van der Waals surface area contributed by atoms with E-state index >= 15 is 0 Å². The van der Waals surface area contributed by atoms with E-state index in [9.17, 15) is 16.8 Å². The normalized spacial score (nSPS) is 11.7. The topological polar surface area (TPSA) is 147 Å². The Morgan fingerprint density at radius 3 is 1.95 bits per heavy atom. The zero-order valence-electron chi connectivity index (χ0n) is 10.2. The first-order chi connectivity index (χ1) is 7.66. The van der Waals surface area contributed by atoms with Crippen LogP contribution in [0.2, 0.25) is 0 Å². The molecule has 96 valence electrons. The summed E-state index contributed by atoms with van der Waals surface area (Å²) in [6.07, 6.45) is 0.914. The van der Waals surface area contributed by atoms with E-state index in [1.165, 1.54) is 0 Å². The Kier molecular flexibility index (Phi) is 9.27. The molecule has 0 saturated heterocycles. The molecule has 19 heavy (non-hydrogen) atoms. The largest absolute Gasteiger partial charge is 0.323 e. The molecule has 12 heteroatoms. The Balaban J connectivity index is 0. The molecule has 0 aromatic heterocycles. The minimum absolute atomic E-state index is 0. The Morgan fingerprint density at radius 1 is 1.05 bits per heavy atom. The molecule has 1 aromatic carbocycles. The Bertz CT molecular complexity index is 671. The maximum Gasteiger partial charge on any atom is 0.295 e. The number of hydrogen-bond donors (Lipinski definition) is 3. The van der Waals surface area contributed by atoms with Gasteiger partial charge in [0.2, 0.25) is 0 Å². The molecule has 0 fully saturated rings. The first kappa shape index (κ1) is 21.8. The number of hydrazone groups is 1. The molecule has 0 amide bonds. The summed E-state index contributed by atoms with van der Waals surface area (Å²) < 4.78 is 61.2. The van der Waals surface area contributed by atoms with Gasteiger partial charge in [0.25, 0.3) is 20.2 Å². The van der Waals surface area contributed by atoms with Gasteiger partial charge in [-0.1, -0.05) is 6.07 Å². The number of nitrogens with zero attached hydrogens (tertiary/aromatic N) is 1. The fraction of sp³-hybridized carbons (Fsp3) is 0. The van der Waals surface area contributed by atoms with Crippen LogP contribution in [0.5, 0.6) is 0 Å². The molecule has 0 aliphatic carbocycles. The molecule has 8 nitrogen and oxygen atoms in total. The van der Waals surface area contributed by atoms with Crippen molar-refractivity contribution in [2.75, 3.05) is 0 Å². The summed E-state index contributed by atoms with van der Waals surface area (Å²) in [7, 11) is -9.23. The molecule has 4 N–H and O–H groups in total. The van der Waals surface area contributed by atoms with Crippen molar-refractivity contribution >= 4 is 85.6 Å². The zero-order valence-corrected chi connectivity index (χ0v) is 15.8. The maximum atomic E-state index is 11.0. The smallest absolute Gasteiger partial charge is 0.295 e. The molecule has 1 rings (SSSR count). The van der Waals surface area contributed by atoms with Gasteiger partial charge in [0, 0.05) is 64.7 Å². The van der Waals surface area contributed by atoms with Gasteiger partial charge in [0.1, 0.15) is 4.90 Å². The van der Waals surface area contributed by atoms with Gasteiger partial charge in [-0.3, -0.25) is 9.11 Å². The summed E-state index contributed by atoms with van der Waals surface area (Å²) in [5.74, 6) is 4.82. The summed E-state index contributed by atoms with van der Waals surface area (Å²) in [6.45, 7) is 0. The molecule has 0 aliphatic rings. The molecule has 0 saturated carbocycles. The Labute approximate surface area is 154 Å². The van der Waals surface area contributed by atoms with Crippen LogP contribution in [0.1, 0.15) is 5.56 Å². The number of benzene rings is 1. The molecule has 0 heterocycles. The zero-order chi connectivity index (χ0) is 13.3. The van der Waals surface area contributed by atoms with Crippen molar-refractivity contribution in [1.29, 1.82) is 0 Å². The Morgan fingerprint density at radius 2 is 1.58 bits per heavy atom. The average Bonchev–Trinajstić information content (AvgIpc) is 2.15. The standard InChI is InChI=1S/C7H8N2O6S2.2Na/c8-9-4-5-1-2-6(16(10,11)12)3-7(5)17(13,14)15;;/h1-4H,8H2,(H,10,11,12)(H,13,14,15);;. The second kappa shape index (κ2) is 8.08. The summed E-state index contributed by atoms with van der Waals surface area (Å²) in [4.78, 5) is -1.39. The minimum atomic E-state index is -4.66. The van der Waals surface area contributed by atoms with Crippen molar-refractivity contribution in [2.45, 2.75) is 9.79 Å². The summed E-state index contributed by atoms with van der Waals surface area (Å²) >= 11 is 0. The number of rotatable bonds is 3. The third-order valence-electron chi connectivity index (χ3n) is 1.77. The van der Waals surface area contributed by atoms with E-state index in [0.29, 0.717) is 6.07 Å². The predicted molar refractivity (Wildman–Crippen MR) is 69.4 cm³/mol. The van der Waals surface area contributed by atoms with Crippen LogP contribution in [0.25, 0.3) is 0 Å². The van der Waals surface area contributed by atoms with E-state index in [-0.39, 0.29) is 64.7 Å². The van der Waals surface area contributed by atoms with Gasteiger partial charge in [-0.25, -0.2) is 0 Å². The van der Waals surface area contributed by atoms with Crippen LogP contribution in [0.15, 0.2) is 33.1 Å². The quantitative estimate of drug-likeness (QED) is 0.206. The molecule has 0 aliphatic heterocycles. The molecule has 0 spiro atoms. The van der Waals surface area contributed by atoms with E-state index in [1.54, 1.807) is 0 Å². The van der Waals surface area contributed by atoms with Gasteiger partial charge in [-0.2, -0.15) is 21.9 Å². The van der Waals surface area contributed by atoms with E-state index in [0.717, 1.165) is 18.3 Å². The van der Waals surface area contributed by atoms with Crippen LogP contribution in [-0.2, 0) is 20.2 Å². The monoisotopic (exact) mass is 326 g/mol. The first-order valence-electron chi connectivity index (χ1n) is 3.98. The number of hydrogen-bond acceptors (Lipinski definition) is 6. The van der Waals surface area contributed by atoms with Crippen LogP contribution < -0.4 is 5.84 Å². The third-order valence-corrected chi connectivity index (χ3v) is 3.53. The fourth-order valence-corrected chi connectivity index (χ4v) is 2.36. The second-order valence-electron chi connectivity index (χ2n) is 2.93. The van der Waals surface area contributed by atoms with Crippen molar-refractivity contribution in [3.63, 3.8) is 0 Å². The molecule has 1 aromatic rings. The molecule has 0 atom stereocenters. The van der Waals surface area contributed by atoms with Crippen LogP contribution in [0, 0.1) is 0 Å². The van der Waals surface area contributed by atoms with Crippen LogP contribution >= 0.6 is 0 Å². The maximum absolute atomic E-state index is 11.0. The van der Waals surface area contributed by atoms with Gasteiger partial charge in [-0.15, -0.1) is 0 Å². The van der Waals surface area contributed by atoms with Crippen molar-refractivity contribution in [2.24, 2.45) is 10.9 Å². The van der Waals surface area contributed by atoms with Crippen LogP contribution in [0.4, 0.5) is 0 Å². The fourth-order valence-electron chi connectivity index (χ4n) is 1.09. The average molecular weight is 326 g/mol. The summed E-state index contributed by atoms with van der Waals surface area (Å²) in [5, 5.41) is 3.06. The van der Waals surface area contributed by atoms with Crippen molar-refractivity contribution in [3.8, 4) is 0 Å². The van der Waals surface area contributed by atoms with Crippen molar-refractivity contribution < 1.29 is 25.9 Å². The van der Waals surface area contributed by atoms with Crippen LogP contribution in [-0.4, -0.2) is 91.3 Å². The van der Waals surface area contributed by atoms with Gasteiger partial charge < -0.3 is 5.84 Å². The van der Waals surface area contributed by atoms with E-state index < -0.39 is 30.0 Å². The molecular formula is C7H8N2Na2O6S2. The van der Waals surface area contributed by atoms with E-state index in [4.69, 9.17) is 14.9 Å². The number of nitrogens with two attached hydrogens (primary N) is 1. The molecular weight excluding hydrogens is 318 g/mol. The predicted octanol–water partition coefficient (Wildman–Crippen LogP) is -1.29. The first-order valence-corrected chi connectivity index (χ1v) is 6.86. The summed E-state index contributed by atoms with van der Waals surface area (Å²) in [6, 6.07) is 2.57. The van der Waals surface area contributed by atoms with Gasteiger partial charge in [0.05, 0.1) is 11.1 Å². The summed E-state index contributed by atoms with van der Waals surface area (Å²) in [5.41, 5.74) is -0.109. The third kappa shape index (κ3) is 6.21. The SMILES string of the molecule is NN=Cc1ccc(S(=O)(=O)O)cc1S(=O)(=O)O.[Na].[Na]. The molecule has 0 unspecified atom stereocenters. The van der Waals surface area contributed by atoms with Gasteiger partial charge in [-0.05, 0) is 12.1 Å².